The molecule has 0 radical (unpaired) electrons. The summed E-state index contributed by atoms with van der Waals surface area (Å²) >= 11 is 5.95. The molecule has 0 fully saturated rings. The standard InChI is InChI=1S/C15H21ClN6O3/c1-4-13(21-10(2)8-14(19-21)22(24)25)15(23)17-6-5-7-20-9-12(16)11(3)18-20/h8-9,13H,4-7H2,1-3H3,(H,17,23). The second-order valence-electron chi connectivity index (χ2n) is 5.74. The van der Waals surface area contributed by atoms with E-state index in [1.54, 1.807) is 17.8 Å². The summed E-state index contributed by atoms with van der Waals surface area (Å²) in [4.78, 5) is 22.7. The zero-order valence-electron chi connectivity index (χ0n) is 14.4. The molecule has 0 saturated heterocycles. The first-order chi connectivity index (χ1) is 11.8. The van der Waals surface area contributed by atoms with Crippen LogP contribution in [0.25, 0.3) is 0 Å². The summed E-state index contributed by atoms with van der Waals surface area (Å²) in [5.41, 5.74) is 1.35. The fraction of sp³-hybridized carbons (Fsp3) is 0.533. The highest BCUT2D eigenvalue weighted by Gasteiger charge is 2.26. The van der Waals surface area contributed by atoms with Crippen molar-refractivity contribution in [3.8, 4) is 0 Å². The predicted octanol–water partition coefficient (Wildman–Crippen LogP) is 2.42. The molecule has 0 aromatic carbocycles. The molecule has 1 unspecified atom stereocenters. The molecule has 2 aromatic rings. The SMILES string of the molecule is CCC(C(=O)NCCCn1cc(Cl)c(C)n1)n1nc([N+](=O)[O-])cc1C. The number of nitro groups is 1. The van der Waals surface area contributed by atoms with Crippen molar-refractivity contribution in [1.82, 2.24) is 24.9 Å². The van der Waals surface area contributed by atoms with Gasteiger partial charge in [-0.05, 0) is 31.6 Å². The van der Waals surface area contributed by atoms with Crippen LogP contribution in [0.5, 0.6) is 0 Å². The molecule has 10 heteroatoms. The summed E-state index contributed by atoms with van der Waals surface area (Å²) in [6, 6.07) is 0.787. The van der Waals surface area contributed by atoms with Crippen molar-refractivity contribution in [1.29, 1.82) is 0 Å². The van der Waals surface area contributed by atoms with Crippen molar-refractivity contribution in [3.63, 3.8) is 0 Å². The van der Waals surface area contributed by atoms with Crippen LogP contribution < -0.4 is 5.32 Å². The molecule has 1 N–H and O–H groups in total. The lowest BCUT2D eigenvalue weighted by Gasteiger charge is -2.14. The summed E-state index contributed by atoms with van der Waals surface area (Å²) in [5, 5.41) is 22.5. The van der Waals surface area contributed by atoms with E-state index in [9.17, 15) is 14.9 Å². The molecule has 9 nitrogen and oxygen atoms in total. The second-order valence-corrected chi connectivity index (χ2v) is 6.15. The molecule has 2 rings (SSSR count). The lowest BCUT2D eigenvalue weighted by atomic mass is 10.2. The van der Waals surface area contributed by atoms with E-state index in [1.165, 1.54) is 10.7 Å². The third-order valence-corrected chi connectivity index (χ3v) is 4.20. The maximum Gasteiger partial charge on any atom is 0.390 e. The lowest BCUT2D eigenvalue weighted by Crippen LogP contribution is -2.34. The molecule has 2 heterocycles. The third-order valence-electron chi connectivity index (χ3n) is 3.83. The van der Waals surface area contributed by atoms with Gasteiger partial charge in [0.2, 0.25) is 5.91 Å². The van der Waals surface area contributed by atoms with E-state index in [1.807, 2.05) is 13.8 Å². The van der Waals surface area contributed by atoms with Crippen molar-refractivity contribution in [2.24, 2.45) is 0 Å². The highest BCUT2D eigenvalue weighted by atomic mass is 35.5. The summed E-state index contributed by atoms with van der Waals surface area (Å²) in [6.07, 6.45) is 2.93. The van der Waals surface area contributed by atoms with Gasteiger partial charge in [0.15, 0.2) is 6.04 Å². The molecule has 0 aliphatic rings. The molecule has 0 saturated carbocycles. The zero-order chi connectivity index (χ0) is 18.6. The van der Waals surface area contributed by atoms with Gasteiger partial charge in [0.05, 0.1) is 27.6 Å². The number of hydrogen-bond donors (Lipinski definition) is 1. The molecule has 0 bridgehead atoms. The van der Waals surface area contributed by atoms with Gasteiger partial charge in [0.25, 0.3) is 0 Å². The minimum absolute atomic E-state index is 0.210. The molecule has 25 heavy (non-hydrogen) atoms. The van der Waals surface area contributed by atoms with E-state index >= 15 is 0 Å². The first-order valence-electron chi connectivity index (χ1n) is 8.01. The van der Waals surface area contributed by atoms with Crippen LogP contribution in [-0.2, 0) is 11.3 Å². The highest BCUT2D eigenvalue weighted by molar-refractivity contribution is 6.31. The minimum Gasteiger partial charge on any atom is -0.358 e. The van der Waals surface area contributed by atoms with Crippen LogP contribution in [0.1, 0.15) is 37.2 Å². The molecule has 2 aromatic heterocycles. The van der Waals surface area contributed by atoms with E-state index in [2.05, 4.69) is 15.5 Å². The Balaban J connectivity index is 1.90. The van der Waals surface area contributed by atoms with Crippen molar-refractivity contribution in [2.45, 2.75) is 46.2 Å². The van der Waals surface area contributed by atoms with Crippen LogP contribution in [0.4, 0.5) is 5.82 Å². The molecular weight excluding hydrogens is 348 g/mol. The quantitative estimate of drug-likeness (QED) is 0.437. The summed E-state index contributed by atoms with van der Waals surface area (Å²) in [5.74, 6) is -0.465. The summed E-state index contributed by atoms with van der Waals surface area (Å²) < 4.78 is 3.15. The largest absolute Gasteiger partial charge is 0.390 e. The number of rotatable bonds is 8. The Morgan fingerprint density at radius 2 is 2.16 bits per heavy atom. The number of nitrogens with one attached hydrogen (secondary N) is 1. The van der Waals surface area contributed by atoms with Gasteiger partial charge in [-0.25, -0.2) is 0 Å². The molecular formula is C15H21ClN6O3. The number of amides is 1. The topological polar surface area (TPSA) is 108 Å². The van der Waals surface area contributed by atoms with Gasteiger partial charge < -0.3 is 15.4 Å². The molecule has 0 aliphatic heterocycles. The third kappa shape index (κ3) is 4.56. The van der Waals surface area contributed by atoms with Crippen molar-refractivity contribution in [3.05, 3.63) is 38.8 Å². The Bertz CT molecular complexity index is 750. The van der Waals surface area contributed by atoms with Crippen LogP contribution in [0.2, 0.25) is 5.02 Å². The number of hydrogen-bond acceptors (Lipinski definition) is 5. The maximum atomic E-state index is 12.4. The normalized spacial score (nSPS) is 12.2. The minimum atomic E-state index is -0.574. The predicted molar refractivity (Wildman–Crippen MR) is 92.5 cm³/mol. The van der Waals surface area contributed by atoms with Gasteiger partial charge in [-0.2, -0.15) is 9.78 Å². The van der Waals surface area contributed by atoms with Gasteiger partial charge in [-0.3, -0.25) is 9.48 Å². The Hall–Kier alpha value is -2.42. The van der Waals surface area contributed by atoms with E-state index in [0.29, 0.717) is 36.6 Å². The van der Waals surface area contributed by atoms with Gasteiger partial charge in [0, 0.05) is 19.3 Å². The van der Waals surface area contributed by atoms with E-state index in [0.717, 1.165) is 5.69 Å². The highest BCUT2D eigenvalue weighted by Crippen LogP contribution is 2.18. The van der Waals surface area contributed by atoms with Gasteiger partial charge in [-0.15, -0.1) is 0 Å². The van der Waals surface area contributed by atoms with E-state index in [-0.39, 0.29) is 11.7 Å². The lowest BCUT2D eigenvalue weighted by molar-refractivity contribution is -0.389. The van der Waals surface area contributed by atoms with E-state index < -0.39 is 11.0 Å². The Labute approximate surface area is 150 Å². The zero-order valence-corrected chi connectivity index (χ0v) is 15.2. The Morgan fingerprint density at radius 3 is 2.68 bits per heavy atom. The first-order valence-corrected chi connectivity index (χ1v) is 8.39. The average molecular weight is 369 g/mol. The summed E-state index contributed by atoms with van der Waals surface area (Å²) in [6.45, 7) is 6.47. The monoisotopic (exact) mass is 368 g/mol. The van der Waals surface area contributed by atoms with Crippen LogP contribution >= 0.6 is 11.6 Å². The molecule has 0 spiro atoms. The van der Waals surface area contributed by atoms with Crippen LogP contribution in [0.3, 0.4) is 0 Å². The van der Waals surface area contributed by atoms with Crippen molar-refractivity contribution in [2.75, 3.05) is 6.54 Å². The molecule has 1 amide bonds. The number of carbonyl (C=O) groups is 1. The number of halogens is 1. The Kier molecular flexibility index (Phi) is 6.13. The van der Waals surface area contributed by atoms with Crippen molar-refractivity contribution >= 4 is 23.3 Å². The number of aryl methyl sites for hydroxylation is 3. The number of carbonyl (C=O) groups excluding carboxylic acids is 1. The van der Waals surface area contributed by atoms with Gasteiger partial charge >= 0.3 is 5.82 Å². The fourth-order valence-corrected chi connectivity index (χ4v) is 2.67. The van der Waals surface area contributed by atoms with Crippen LogP contribution in [-0.4, -0.2) is 36.9 Å². The average Bonchev–Trinajstić information content (AvgIpc) is 3.08. The molecule has 0 aliphatic carbocycles. The first kappa shape index (κ1) is 18.9. The van der Waals surface area contributed by atoms with Crippen LogP contribution in [0, 0.1) is 24.0 Å². The van der Waals surface area contributed by atoms with Gasteiger partial charge in [0.1, 0.15) is 0 Å². The summed E-state index contributed by atoms with van der Waals surface area (Å²) in [7, 11) is 0. The fourth-order valence-electron chi connectivity index (χ4n) is 2.52. The van der Waals surface area contributed by atoms with Gasteiger partial charge in [-0.1, -0.05) is 18.5 Å². The smallest absolute Gasteiger partial charge is 0.358 e. The van der Waals surface area contributed by atoms with Crippen LogP contribution in [0.15, 0.2) is 12.3 Å². The maximum absolute atomic E-state index is 12.4. The van der Waals surface area contributed by atoms with Crippen molar-refractivity contribution < 1.29 is 9.72 Å². The second kappa shape index (κ2) is 8.11. The molecule has 1 atom stereocenters. The Morgan fingerprint density at radius 1 is 1.44 bits per heavy atom. The molecule has 136 valence electrons. The number of aromatic nitrogens is 4. The number of nitrogens with zero attached hydrogens (tertiary/aromatic N) is 5. The van der Waals surface area contributed by atoms with E-state index in [4.69, 9.17) is 11.6 Å².